The van der Waals surface area contributed by atoms with Gasteiger partial charge in [-0.25, -0.2) is 0 Å². The lowest BCUT2D eigenvalue weighted by molar-refractivity contribution is -0.116. The first-order chi connectivity index (χ1) is 16.0. The Balaban J connectivity index is 1.37. The van der Waals surface area contributed by atoms with Gasteiger partial charge < -0.3 is 10.2 Å². The van der Waals surface area contributed by atoms with Gasteiger partial charge in [-0.05, 0) is 66.8 Å². The summed E-state index contributed by atoms with van der Waals surface area (Å²) in [5.41, 5.74) is 3.97. The monoisotopic (exact) mass is 460 g/mol. The molecule has 0 bridgehead atoms. The van der Waals surface area contributed by atoms with Crippen molar-refractivity contribution in [3.8, 4) is 11.3 Å². The van der Waals surface area contributed by atoms with Gasteiger partial charge in [-0.3, -0.25) is 19.6 Å². The normalized spacial score (nSPS) is 13.2. The third kappa shape index (κ3) is 6.26. The number of halogens is 1. The molecular formula is C26H25ClN4O2. The van der Waals surface area contributed by atoms with Gasteiger partial charge in [0.2, 0.25) is 5.91 Å². The molecule has 1 saturated carbocycles. The van der Waals surface area contributed by atoms with E-state index in [0.29, 0.717) is 17.5 Å². The number of carbonyl (C=O) groups excluding carboxylic acids is 2. The molecule has 1 aromatic carbocycles. The molecule has 2 aromatic heterocycles. The highest BCUT2D eigenvalue weighted by Gasteiger charge is 2.27. The molecule has 0 radical (unpaired) electrons. The van der Waals surface area contributed by atoms with Crippen LogP contribution in [0.25, 0.3) is 17.3 Å². The average molecular weight is 461 g/mol. The lowest BCUT2D eigenvalue weighted by atomic mass is 10.1. The van der Waals surface area contributed by atoms with E-state index in [1.807, 2.05) is 42.5 Å². The van der Waals surface area contributed by atoms with Crippen LogP contribution in [0.1, 0.15) is 25.3 Å². The van der Waals surface area contributed by atoms with Crippen LogP contribution in [0.2, 0.25) is 5.02 Å². The minimum Gasteiger partial charge on any atom is -0.376 e. The number of ketones is 1. The number of nitrogens with one attached hydrogen (secondary N) is 1. The second kappa shape index (κ2) is 10.4. The number of rotatable bonds is 9. The van der Waals surface area contributed by atoms with Gasteiger partial charge in [0.1, 0.15) is 0 Å². The van der Waals surface area contributed by atoms with Crippen LogP contribution in [0.4, 0.5) is 11.4 Å². The van der Waals surface area contributed by atoms with E-state index >= 15 is 0 Å². The number of hydrogen-bond acceptors (Lipinski definition) is 5. The molecule has 6 nitrogen and oxygen atoms in total. The van der Waals surface area contributed by atoms with Gasteiger partial charge in [0.25, 0.3) is 0 Å². The highest BCUT2D eigenvalue weighted by Crippen LogP contribution is 2.35. The molecule has 1 fully saturated rings. The number of hydrogen-bond donors (Lipinski definition) is 1. The second-order valence-electron chi connectivity index (χ2n) is 8.11. The number of benzene rings is 1. The predicted molar refractivity (Wildman–Crippen MR) is 132 cm³/mol. The zero-order valence-electron chi connectivity index (χ0n) is 18.4. The number of carbonyl (C=O) groups is 2. The third-order valence-electron chi connectivity index (χ3n) is 5.43. The maximum atomic E-state index is 12.1. The fourth-order valence-electron chi connectivity index (χ4n) is 3.42. The van der Waals surface area contributed by atoms with Crippen LogP contribution in [0.5, 0.6) is 0 Å². The zero-order chi connectivity index (χ0) is 23.2. The summed E-state index contributed by atoms with van der Waals surface area (Å²) in [6.07, 6.45) is 10.7. The molecule has 0 spiro atoms. The van der Waals surface area contributed by atoms with Crippen molar-refractivity contribution in [1.29, 1.82) is 0 Å². The molecule has 7 heteroatoms. The molecule has 0 unspecified atom stereocenters. The van der Waals surface area contributed by atoms with Crippen LogP contribution < -0.4 is 10.2 Å². The van der Waals surface area contributed by atoms with Crippen LogP contribution >= 0.6 is 11.6 Å². The van der Waals surface area contributed by atoms with Crippen molar-refractivity contribution in [2.45, 2.75) is 19.8 Å². The molecular weight excluding hydrogens is 436 g/mol. The van der Waals surface area contributed by atoms with Crippen molar-refractivity contribution in [3.05, 3.63) is 77.7 Å². The summed E-state index contributed by atoms with van der Waals surface area (Å²) >= 11 is 6.53. The number of nitrogens with zero attached hydrogens (tertiary/aromatic N) is 3. The summed E-state index contributed by atoms with van der Waals surface area (Å²) in [7, 11) is 0. The van der Waals surface area contributed by atoms with Crippen molar-refractivity contribution in [2.24, 2.45) is 5.92 Å². The summed E-state index contributed by atoms with van der Waals surface area (Å²) in [6, 6.07) is 13.1. The van der Waals surface area contributed by atoms with Crippen molar-refractivity contribution in [3.63, 3.8) is 0 Å². The molecule has 4 rings (SSSR count). The van der Waals surface area contributed by atoms with Gasteiger partial charge in [-0.15, -0.1) is 0 Å². The largest absolute Gasteiger partial charge is 0.376 e. The number of anilines is 2. The van der Waals surface area contributed by atoms with E-state index in [9.17, 15) is 9.59 Å². The Bertz CT molecular complexity index is 1160. The molecule has 0 saturated heterocycles. The van der Waals surface area contributed by atoms with E-state index in [1.54, 1.807) is 36.5 Å². The first kappa shape index (κ1) is 22.7. The molecule has 0 aliphatic heterocycles. The van der Waals surface area contributed by atoms with E-state index in [0.717, 1.165) is 41.0 Å². The maximum Gasteiger partial charge on any atom is 0.223 e. The SMILES string of the molecule is CC(=O)N(CC1CC1)c1ccc(-c2ccc(NCC(=O)/C=C/c3cccnc3)cn2)cc1Cl. The van der Waals surface area contributed by atoms with E-state index in [2.05, 4.69) is 15.3 Å². The summed E-state index contributed by atoms with van der Waals surface area (Å²) in [5, 5.41) is 3.61. The topological polar surface area (TPSA) is 75.2 Å². The van der Waals surface area contributed by atoms with Gasteiger partial charge >= 0.3 is 0 Å². The highest BCUT2D eigenvalue weighted by molar-refractivity contribution is 6.34. The average Bonchev–Trinajstić information content (AvgIpc) is 3.65. The van der Waals surface area contributed by atoms with Gasteiger partial charge in [0.05, 0.1) is 34.8 Å². The molecule has 1 aliphatic rings. The van der Waals surface area contributed by atoms with Gasteiger partial charge in [0, 0.05) is 31.4 Å². The van der Waals surface area contributed by atoms with Crippen molar-refractivity contribution in [2.75, 3.05) is 23.3 Å². The molecule has 1 aliphatic carbocycles. The first-order valence-corrected chi connectivity index (χ1v) is 11.3. The van der Waals surface area contributed by atoms with Gasteiger partial charge in [0.15, 0.2) is 5.78 Å². The molecule has 168 valence electrons. The Morgan fingerprint density at radius 2 is 2.03 bits per heavy atom. The quantitative estimate of drug-likeness (QED) is 0.441. The second-order valence-corrected chi connectivity index (χ2v) is 8.52. The Morgan fingerprint density at radius 3 is 2.67 bits per heavy atom. The number of aromatic nitrogens is 2. The van der Waals surface area contributed by atoms with Crippen molar-refractivity contribution in [1.82, 2.24) is 9.97 Å². The van der Waals surface area contributed by atoms with E-state index in [1.165, 1.54) is 6.08 Å². The van der Waals surface area contributed by atoms with Crippen LogP contribution in [0.3, 0.4) is 0 Å². The summed E-state index contributed by atoms with van der Waals surface area (Å²) in [5.74, 6) is 0.519. The Hall–Kier alpha value is -3.51. The van der Waals surface area contributed by atoms with Crippen molar-refractivity contribution >= 4 is 40.7 Å². The summed E-state index contributed by atoms with van der Waals surface area (Å²) < 4.78 is 0. The number of amides is 1. The molecule has 0 atom stereocenters. The first-order valence-electron chi connectivity index (χ1n) is 10.9. The molecule has 33 heavy (non-hydrogen) atoms. The van der Waals surface area contributed by atoms with Crippen molar-refractivity contribution < 1.29 is 9.59 Å². The van der Waals surface area contributed by atoms with Crippen LogP contribution in [-0.2, 0) is 9.59 Å². The molecule has 1 amide bonds. The van der Waals surface area contributed by atoms with Gasteiger partial charge in [-0.2, -0.15) is 0 Å². The minimum absolute atomic E-state index is 0.00469. The zero-order valence-corrected chi connectivity index (χ0v) is 19.1. The fourth-order valence-corrected chi connectivity index (χ4v) is 3.70. The Labute approximate surface area is 198 Å². The third-order valence-corrected chi connectivity index (χ3v) is 5.73. The standard InChI is InChI=1S/C26H25ClN4O2/c1-18(32)31(17-20-4-5-20)26-11-7-21(13-24(26)27)25-10-8-22(15-30-25)29-16-23(33)9-6-19-3-2-12-28-14-19/h2-3,6-15,20,29H,4-5,16-17H2,1H3/b9-6+. The lowest BCUT2D eigenvalue weighted by Crippen LogP contribution is -2.30. The van der Waals surface area contributed by atoms with Crippen LogP contribution in [-0.4, -0.2) is 34.7 Å². The summed E-state index contributed by atoms with van der Waals surface area (Å²) in [6.45, 7) is 2.45. The predicted octanol–water partition coefficient (Wildman–Crippen LogP) is 5.25. The van der Waals surface area contributed by atoms with E-state index < -0.39 is 0 Å². The summed E-state index contributed by atoms with van der Waals surface area (Å²) in [4.78, 5) is 34.4. The Morgan fingerprint density at radius 1 is 1.18 bits per heavy atom. The van der Waals surface area contributed by atoms with E-state index in [-0.39, 0.29) is 18.2 Å². The smallest absolute Gasteiger partial charge is 0.223 e. The lowest BCUT2D eigenvalue weighted by Gasteiger charge is -2.22. The fraction of sp³-hybridized carbons (Fsp3) is 0.231. The minimum atomic E-state index is -0.0495. The van der Waals surface area contributed by atoms with E-state index in [4.69, 9.17) is 11.6 Å². The highest BCUT2D eigenvalue weighted by atomic mass is 35.5. The molecule has 1 N–H and O–H groups in total. The van der Waals surface area contributed by atoms with Gasteiger partial charge in [-0.1, -0.05) is 23.7 Å². The molecule has 2 heterocycles. The Kier molecular flexibility index (Phi) is 7.15. The maximum absolute atomic E-state index is 12.1. The van der Waals surface area contributed by atoms with Crippen LogP contribution in [0, 0.1) is 5.92 Å². The number of pyridine rings is 2. The van der Waals surface area contributed by atoms with Crippen LogP contribution in [0.15, 0.2) is 67.1 Å². The molecule has 3 aromatic rings.